The molecule has 1 aromatic carbocycles. The molecule has 0 radical (unpaired) electrons. The van der Waals surface area contributed by atoms with Crippen LogP contribution in [-0.4, -0.2) is 11.7 Å². The first-order valence-electron chi connectivity index (χ1n) is 5.99. The van der Waals surface area contributed by atoms with Gasteiger partial charge in [-0.1, -0.05) is 18.9 Å². The Hall–Kier alpha value is -1.16. The van der Waals surface area contributed by atoms with E-state index in [4.69, 9.17) is 11.5 Å². The normalized spacial score (nSPS) is 16.2. The van der Waals surface area contributed by atoms with E-state index in [2.05, 4.69) is 0 Å². The van der Waals surface area contributed by atoms with Gasteiger partial charge in [0.2, 0.25) is 0 Å². The predicted octanol–water partition coefficient (Wildman–Crippen LogP) is 2.65. The van der Waals surface area contributed by atoms with Crippen molar-refractivity contribution in [2.24, 2.45) is 11.7 Å². The molecule has 1 aliphatic rings. The Morgan fingerprint density at radius 2 is 2.06 bits per heavy atom. The van der Waals surface area contributed by atoms with Crippen LogP contribution in [0.3, 0.4) is 0 Å². The molecule has 1 fully saturated rings. The Morgan fingerprint density at radius 1 is 1.35 bits per heavy atom. The number of thioether (sulfide) groups is 1. The van der Waals surface area contributed by atoms with Gasteiger partial charge in [-0.2, -0.15) is 0 Å². The standard InChI is InChI=1S/C13H18N2OS/c14-12-10(13(15)16)6-3-7-11(12)17-8-9-4-1-2-5-9/h3,6-7,9H,1-2,4-5,8,14H2,(H2,15,16). The minimum Gasteiger partial charge on any atom is -0.397 e. The van der Waals surface area contributed by atoms with Gasteiger partial charge >= 0.3 is 0 Å². The summed E-state index contributed by atoms with van der Waals surface area (Å²) < 4.78 is 0. The molecular formula is C13H18N2OS. The number of carbonyl (C=O) groups is 1. The first-order valence-corrected chi connectivity index (χ1v) is 6.98. The zero-order valence-corrected chi connectivity index (χ0v) is 10.6. The highest BCUT2D eigenvalue weighted by atomic mass is 32.2. The van der Waals surface area contributed by atoms with Gasteiger partial charge in [-0.3, -0.25) is 4.79 Å². The van der Waals surface area contributed by atoms with Gasteiger partial charge in [0, 0.05) is 10.6 Å². The second-order valence-electron chi connectivity index (χ2n) is 4.54. The van der Waals surface area contributed by atoms with Crippen molar-refractivity contribution < 1.29 is 4.79 Å². The summed E-state index contributed by atoms with van der Waals surface area (Å²) in [4.78, 5) is 12.1. The molecule has 0 spiro atoms. The molecule has 0 saturated heterocycles. The summed E-state index contributed by atoms with van der Waals surface area (Å²) in [6.07, 6.45) is 5.34. The number of primary amides is 1. The van der Waals surface area contributed by atoms with Gasteiger partial charge in [-0.05, 0) is 30.9 Å². The largest absolute Gasteiger partial charge is 0.397 e. The molecule has 0 aromatic heterocycles. The van der Waals surface area contributed by atoms with Crippen LogP contribution in [0.4, 0.5) is 5.69 Å². The van der Waals surface area contributed by atoms with Crippen molar-refractivity contribution in [2.75, 3.05) is 11.5 Å². The number of hydrogen-bond donors (Lipinski definition) is 2. The fourth-order valence-corrected chi connectivity index (χ4v) is 3.46. The molecule has 1 aliphatic carbocycles. The van der Waals surface area contributed by atoms with Crippen molar-refractivity contribution in [1.82, 2.24) is 0 Å². The third kappa shape index (κ3) is 2.94. The lowest BCUT2D eigenvalue weighted by Crippen LogP contribution is -2.13. The smallest absolute Gasteiger partial charge is 0.250 e. The van der Waals surface area contributed by atoms with E-state index in [0.29, 0.717) is 11.3 Å². The van der Waals surface area contributed by atoms with E-state index in [9.17, 15) is 4.79 Å². The van der Waals surface area contributed by atoms with Crippen LogP contribution in [0.25, 0.3) is 0 Å². The maximum Gasteiger partial charge on any atom is 0.250 e. The molecule has 3 nitrogen and oxygen atoms in total. The second-order valence-corrected chi connectivity index (χ2v) is 5.60. The summed E-state index contributed by atoms with van der Waals surface area (Å²) in [6.45, 7) is 0. The number of carbonyl (C=O) groups excluding carboxylic acids is 1. The Kier molecular flexibility index (Phi) is 3.94. The topological polar surface area (TPSA) is 69.1 Å². The van der Waals surface area contributed by atoms with Gasteiger partial charge in [-0.25, -0.2) is 0 Å². The van der Waals surface area contributed by atoms with Crippen LogP contribution >= 0.6 is 11.8 Å². The van der Waals surface area contributed by atoms with Gasteiger partial charge in [0.25, 0.3) is 5.91 Å². The van der Waals surface area contributed by atoms with Crippen LogP contribution in [0.15, 0.2) is 23.1 Å². The Bertz CT molecular complexity index is 414. The summed E-state index contributed by atoms with van der Waals surface area (Å²) in [5, 5.41) is 0. The highest BCUT2D eigenvalue weighted by Crippen LogP contribution is 2.34. The lowest BCUT2D eigenvalue weighted by atomic mass is 10.1. The van der Waals surface area contributed by atoms with E-state index in [1.807, 2.05) is 12.1 Å². The zero-order chi connectivity index (χ0) is 12.3. The first kappa shape index (κ1) is 12.3. The predicted molar refractivity (Wildman–Crippen MR) is 72.1 cm³/mol. The quantitative estimate of drug-likeness (QED) is 0.637. The first-order chi connectivity index (χ1) is 8.18. The minimum atomic E-state index is -0.453. The van der Waals surface area contributed by atoms with Crippen LogP contribution in [-0.2, 0) is 0 Å². The van der Waals surface area contributed by atoms with Crippen LogP contribution in [0.5, 0.6) is 0 Å². The summed E-state index contributed by atoms with van der Waals surface area (Å²) >= 11 is 1.74. The number of amides is 1. The van der Waals surface area contributed by atoms with E-state index >= 15 is 0 Å². The second kappa shape index (κ2) is 5.45. The third-order valence-electron chi connectivity index (χ3n) is 3.28. The molecule has 1 saturated carbocycles. The van der Waals surface area contributed by atoms with Crippen molar-refractivity contribution >= 4 is 23.4 Å². The van der Waals surface area contributed by atoms with Crippen LogP contribution in [0.2, 0.25) is 0 Å². The summed E-state index contributed by atoms with van der Waals surface area (Å²) in [5.41, 5.74) is 12.2. The highest BCUT2D eigenvalue weighted by Gasteiger charge is 2.16. The van der Waals surface area contributed by atoms with Crippen LogP contribution in [0, 0.1) is 5.92 Å². The molecule has 0 atom stereocenters. The van der Waals surface area contributed by atoms with Gasteiger partial charge in [0.15, 0.2) is 0 Å². The molecule has 0 aliphatic heterocycles. The van der Waals surface area contributed by atoms with E-state index in [1.165, 1.54) is 25.7 Å². The Balaban J connectivity index is 2.04. The number of benzene rings is 1. The van der Waals surface area contributed by atoms with Crippen molar-refractivity contribution in [1.29, 1.82) is 0 Å². The molecule has 92 valence electrons. The lowest BCUT2D eigenvalue weighted by molar-refractivity contribution is 0.100. The van der Waals surface area contributed by atoms with Gasteiger partial charge < -0.3 is 11.5 Å². The molecule has 0 bridgehead atoms. The SMILES string of the molecule is NC(=O)c1cccc(SCC2CCCC2)c1N. The van der Waals surface area contributed by atoms with E-state index in [1.54, 1.807) is 17.8 Å². The van der Waals surface area contributed by atoms with Crippen molar-refractivity contribution in [3.8, 4) is 0 Å². The summed E-state index contributed by atoms with van der Waals surface area (Å²) in [6, 6.07) is 5.48. The lowest BCUT2D eigenvalue weighted by Gasteiger charge is -2.11. The number of anilines is 1. The maximum atomic E-state index is 11.2. The Morgan fingerprint density at radius 3 is 2.71 bits per heavy atom. The average Bonchev–Trinajstić information content (AvgIpc) is 2.80. The molecule has 0 unspecified atom stereocenters. The van der Waals surface area contributed by atoms with Crippen molar-refractivity contribution in [3.63, 3.8) is 0 Å². The minimum absolute atomic E-state index is 0.432. The summed E-state index contributed by atoms with van der Waals surface area (Å²) in [5.74, 6) is 1.44. The maximum absolute atomic E-state index is 11.2. The monoisotopic (exact) mass is 250 g/mol. The fraction of sp³-hybridized carbons (Fsp3) is 0.462. The number of nitrogens with two attached hydrogens (primary N) is 2. The van der Waals surface area contributed by atoms with Crippen LogP contribution < -0.4 is 11.5 Å². The number of nitrogen functional groups attached to an aromatic ring is 1. The molecule has 17 heavy (non-hydrogen) atoms. The number of para-hydroxylation sites is 1. The highest BCUT2D eigenvalue weighted by molar-refractivity contribution is 7.99. The molecule has 0 heterocycles. The van der Waals surface area contributed by atoms with Gasteiger partial charge in [-0.15, -0.1) is 11.8 Å². The van der Waals surface area contributed by atoms with Gasteiger partial charge in [0.1, 0.15) is 0 Å². The fourth-order valence-electron chi connectivity index (χ4n) is 2.27. The molecule has 1 aromatic rings. The molecule has 2 rings (SSSR count). The third-order valence-corrected chi connectivity index (χ3v) is 4.59. The molecule has 1 amide bonds. The van der Waals surface area contributed by atoms with Crippen molar-refractivity contribution in [2.45, 2.75) is 30.6 Å². The van der Waals surface area contributed by atoms with Crippen molar-refractivity contribution in [3.05, 3.63) is 23.8 Å². The summed E-state index contributed by atoms with van der Waals surface area (Å²) in [7, 11) is 0. The van der Waals surface area contributed by atoms with E-state index in [-0.39, 0.29) is 0 Å². The zero-order valence-electron chi connectivity index (χ0n) is 9.82. The van der Waals surface area contributed by atoms with E-state index < -0.39 is 5.91 Å². The Labute approximate surface area is 106 Å². The van der Waals surface area contributed by atoms with Gasteiger partial charge in [0.05, 0.1) is 11.3 Å². The van der Waals surface area contributed by atoms with E-state index in [0.717, 1.165) is 16.6 Å². The number of hydrogen-bond acceptors (Lipinski definition) is 3. The molecule has 4 N–H and O–H groups in total. The molecular weight excluding hydrogens is 232 g/mol. The molecule has 4 heteroatoms. The van der Waals surface area contributed by atoms with Crippen LogP contribution in [0.1, 0.15) is 36.0 Å². The number of rotatable bonds is 4. The average molecular weight is 250 g/mol.